The van der Waals surface area contributed by atoms with Crippen molar-refractivity contribution in [1.82, 2.24) is 0 Å². The minimum absolute atomic E-state index is 0.151. The molecule has 0 aliphatic carbocycles. The molecule has 1 aliphatic heterocycles. The molecule has 0 fully saturated rings. The number of hydrogen-bond donors (Lipinski definition) is 3. The van der Waals surface area contributed by atoms with Gasteiger partial charge in [-0.15, -0.1) is 4.40 Å². The van der Waals surface area contributed by atoms with Crippen LogP contribution < -0.4 is 15.2 Å². The molecule has 1 aliphatic rings. The van der Waals surface area contributed by atoms with Crippen LogP contribution >= 0.6 is 0 Å². The smallest absolute Gasteiger partial charge is 0.344 e. The molecule has 2 rings (SSSR count). The van der Waals surface area contributed by atoms with Gasteiger partial charge in [0.15, 0.2) is 12.4 Å². The molecule has 0 atom stereocenters. The number of ether oxygens (including phenoxy) is 1. The Labute approximate surface area is 102 Å². The second-order valence-corrected chi connectivity index (χ2v) is 4.75. The average molecular weight is 271 g/mol. The Morgan fingerprint density at radius 2 is 2.22 bits per heavy atom. The van der Waals surface area contributed by atoms with E-state index in [0.717, 1.165) is 0 Å². The molecule has 0 radical (unpaired) electrons. The van der Waals surface area contributed by atoms with Gasteiger partial charge in [-0.25, -0.2) is 4.79 Å². The molecule has 1 aromatic rings. The highest BCUT2D eigenvalue weighted by atomic mass is 32.2. The molecule has 0 amide bonds. The monoisotopic (exact) mass is 271 g/mol. The lowest BCUT2D eigenvalue weighted by Gasteiger charge is -2.18. The summed E-state index contributed by atoms with van der Waals surface area (Å²) in [6.07, 6.45) is 0. The van der Waals surface area contributed by atoms with E-state index in [1.807, 2.05) is 0 Å². The van der Waals surface area contributed by atoms with Gasteiger partial charge in [0.1, 0.15) is 5.75 Å². The van der Waals surface area contributed by atoms with Crippen LogP contribution in [0.2, 0.25) is 0 Å². The van der Waals surface area contributed by atoms with Gasteiger partial charge in [0, 0.05) is 0 Å². The van der Waals surface area contributed by atoms with Crippen molar-refractivity contribution < 1.29 is 23.1 Å². The van der Waals surface area contributed by atoms with Gasteiger partial charge in [-0.2, -0.15) is 8.42 Å². The number of anilines is 1. The fraction of sp³-hybridized carbons (Fsp3) is 0.111. The molecule has 8 nitrogen and oxygen atoms in total. The number of carbonyl (C=O) groups is 1. The van der Waals surface area contributed by atoms with Crippen LogP contribution in [-0.2, 0) is 15.0 Å². The van der Waals surface area contributed by atoms with Crippen molar-refractivity contribution in [2.75, 3.05) is 11.3 Å². The van der Waals surface area contributed by atoms with Crippen molar-refractivity contribution in [2.45, 2.75) is 0 Å². The van der Waals surface area contributed by atoms with Crippen molar-refractivity contribution in [1.29, 1.82) is 0 Å². The minimum atomic E-state index is -3.85. The lowest BCUT2D eigenvalue weighted by molar-refractivity contribution is -0.139. The first kappa shape index (κ1) is 12.2. The number of carboxylic acid groups (broad SMARTS) is 1. The molecule has 4 N–H and O–H groups in total. The highest BCUT2D eigenvalue weighted by Crippen LogP contribution is 2.30. The van der Waals surface area contributed by atoms with Crippen molar-refractivity contribution in [2.24, 2.45) is 10.1 Å². The van der Waals surface area contributed by atoms with E-state index in [-0.39, 0.29) is 22.8 Å². The number of carboxylic acids is 1. The maximum absolute atomic E-state index is 11.3. The van der Waals surface area contributed by atoms with Crippen molar-refractivity contribution in [3.05, 3.63) is 23.8 Å². The first-order chi connectivity index (χ1) is 8.39. The maximum atomic E-state index is 11.3. The summed E-state index contributed by atoms with van der Waals surface area (Å²) in [5.41, 5.74) is 5.96. The van der Waals surface area contributed by atoms with Crippen LogP contribution in [0.25, 0.3) is 0 Å². The Morgan fingerprint density at radius 3 is 2.89 bits per heavy atom. The zero-order chi connectivity index (χ0) is 13.3. The van der Waals surface area contributed by atoms with Gasteiger partial charge in [-0.05, 0) is 12.1 Å². The first-order valence-electron chi connectivity index (χ1n) is 4.75. The Bertz CT molecular complexity index is 638. The number of nitrogens with two attached hydrogens (primary N) is 1. The van der Waals surface area contributed by atoms with Crippen LogP contribution in [0.15, 0.2) is 22.6 Å². The summed E-state index contributed by atoms with van der Waals surface area (Å²) in [4.78, 5) is 10.4. The summed E-state index contributed by atoms with van der Waals surface area (Å²) in [5.74, 6) is -1.25. The molecule has 0 spiro atoms. The number of rotatable bonds is 3. The molecule has 1 aromatic carbocycles. The third kappa shape index (κ3) is 2.35. The van der Waals surface area contributed by atoms with E-state index in [2.05, 4.69) is 9.12 Å². The predicted octanol–water partition coefficient (Wildman–Crippen LogP) is -0.474. The van der Waals surface area contributed by atoms with Crippen LogP contribution in [0.1, 0.15) is 5.56 Å². The molecular formula is C9H9N3O5S. The molecule has 18 heavy (non-hydrogen) atoms. The number of benzene rings is 1. The Morgan fingerprint density at radius 1 is 1.50 bits per heavy atom. The Balaban J connectivity index is 2.45. The van der Waals surface area contributed by atoms with Crippen LogP contribution in [0.5, 0.6) is 5.75 Å². The van der Waals surface area contributed by atoms with Gasteiger partial charge >= 0.3 is 16.2 Å². The number of nitrogens with one attached hydrogen (secondary N) is 1. The lowest BCUT2D eigenvalue weighted by Crippen LogP contribution is -2.27. The van der Waals surface area contributed by atoms with Gasteiger partial charge in [-0.1, -0.05) is 6.07 Å². The highest BCUT2D eigenvalue weighted by molar-refractivity contribution is 7.91. The largest absolute Gasteiger partial charge is 0.481 e. The molecule has 0 bridgehead atoms. The number of aliphatic carboxylic acids is 1. The third-order valence-corrected chi connectivity index (χ3v) is 3.01. The SMILES string of the molecule is NC1=NS(=O)(=O)Nc2cccc(OCC(=O)O)c21. The van der Waals surface area contributed by atoms with Crippen molar-refractivity contribution in [3.8, 4) is 5.75 Å². The predicted molar refractivity (Wildman–Crippen MR) is 62.8 cm³/mol. The normalized spacial score (nSPS) is 16.1. The number of fused-ring (bicyclic) bond motifs is 1. The van der Waals surface area contributed by atoms with Gasteiger partial charge in [0.25, 0.3) is 0 Å². The zero-order valence-electron chi connectivity index (χ0n) is 8.95. The minimum Gasteiger partial charge on any atom is -0.481 e. The van der Waals surface area contributed by atoms with Crippen molar-refractivity contribution >= 4 is 27.7 Å². The van der Waals surface area contributed by atoms with E-state index < -0.39 is 22.8 Å². The third-order valence-electron chi connectivity index (χ3n) is 2.09. The van der Waals surface area contributed by atoms with E-state index in [9.17, 15) is 13.2 Å². The summed E-state index contributed by atoms with van der Waals surface area (Å²) >= 11 is 0. The fourth-order valence-electron chi connectivity index (χ4n) is 1.48. The summed E-state index contributed by atoms with van der Waals surface area (Å²) < 4.78 is 33.0. The molecule has 0 saturated heterocycles. The first-order valence-corrected chi connectivity index (χ1v) is 6.19. The summed E-state index contributed by atoms with van der Waals surface area (Å²) in [5, 5.41) is 8.53. The molecular weight excluding hydrogens is 262 g/mol. The van der Waals surface area contributed by atoms with Gasteiger partial charge in [0.05, 0.1) is 11.3 Å². The van der Waals surface area contributed by atoms with Gasteiger partial charge < -0.3 is 15.6 Å². The lowest BCUT2D eigenvalue weighted by atomic mass is 10.1. The molecule has 96 valence electrons. The second kappa shape index (κ2) is 4.18. The van der Waals surface area contributed by atoms with E-state index in [1.54, 1.807) is 0 Å². The van der Waals surface area contributed by atoms with E-state index in [1.165, 1.54) is 18.2 Å². The van der Waals surface area contributed by atoms with E-state index in [4.69, 9.17) is 15.6 Å². The zero-order valence-corrected chi connectivity index (χ0v) is 9.77. The van der Waals surface area contributed by atoms with E-state index in [0.29, 0.717) is 0 Å². The molecule has 0 saturated carbocycles. The number of nitrogens with zero attached hydrogens (tertiary/aromatic N) is 1. The van der Waals surface area contributed by atoms with Gasteiger partial charge in [0.2, 0.25) is 0 Å². The quantitative estimate of drug-likeness (QED) is 0.680. The summed E-state index contributed by atoms with van der Waals surface area (Å²) in [6.45, 7) is -0.559. The summed E-state index contributed by atoms with van der Waals surface area (Å²) in [6, 6.07) is 4.46. The molecule has 0 unspecified atom stereocenters. The second-order valence-electron chi connectivity index (χ2n) is 3.41. The van der Waals surface area contributed by atoms with Crippen LogP contribution in [-0.4, -0.2) is 31.9 Å². The average Bonchev–Trinajstić information content (AvgIpc) is 2.23. The van der Waals surface area contributed by atoms with Gasteiger partial charge in [-0.3, -0.25) is 4.72 Å². The molecule has 9 heteroatoms. The fourth-order valence-corrected chi connectivity index (χ4v) is 2.32. The van der Waals surface area contributed by atoms with Crippen LogP contribution in [0.4, 0.5) is 5.69 Å². The Kier molecular flexibility index (Phi) is 2.83. The van der Waals surface area contributed by atoms with Crippen LogP contribution in [0, 0.1) is 0 Å². The standard InChI is InChI=1S/C9H9N3O5S/c10-9-8-5(11-18(15,16)12-9)2-1-3-6(8)17-4-7(13)14/h1-3,11H,4H2,(H2,10,12)(H,13,14). The maximum Gasteiger partial charge on any atom is 0.344 e. The number of hydrogen-bond acceptors (Lipinski definition) is 5. The molecule has 1 heterocycles. The summed E-state index contributed by atoms with van der Waals surface area (Å²) in [7, 11) is -3.85. The van der Waals surface area contributed by atoms with Crippen LogP contribution in [0.3, 0.4) is 0 Å². The molecule has 0 aromatic heterocycles. The van der Waals surface area contributed by atoms with Crippen molar-refractivity contribution in [3.63, 3.8) is 0 Å². The highest BCUT2D eigenvalue weighted by Gasteiger charge is 2.24. The topological polar surface area (TPSA) is 131 Å². The Hall–Kier alpha value is -2.29. The van der Waals surface area contributed by atoms with E-state index >= 15 is 0 Å². The number of amidine groups is 1.